The molecule has 254 valence electrons. The number of aryl methyl sites for hydroxylation is 1. The molecule has 0 aliphatic carbocycles. The van der Waals surface area contributed by atoms with Crippen LogP contribution < -0.4 is 0 Å². The van der Waals surface area contributed by atoms with E-state index in [2.05, 4.69) is 71.7 Å². The maximum Gasteiger partial charge on any atom is 3.00 e. The minimum absolute atomic E-state index is 0. The Labute approximate surface area is 318 Å². The molecule has 0 bridgehead atoms. The quantitative estimate of drug-likeness (QED) is 0.0937. The van der Waals surface area contributed by atoms with Crippen molar-refractivity contribution >= 4 is 33.6 Å². The number of pyridine rings is 2. The summed E-state index contributed by atoms with van der Waals surface area (Å²) in [5.74, 6) is -1.35. The van der Waals surface area contributed by atoms with Crippen molar-refractivity contribution in [1.82, 2.24) is 9.97 Å². The van der Waals surface area contributed by atoms with Gasteiger partial charge in [-0.3, -0.25) is 9.97 Å². The van der Waals surface area contributed by atoms with Gasteiger partial charge in [-0.15, -0.1) is 59.7 Å². The predicted molar refractivity (Wildman–Crippen MR) is 209 cm³/mol. The van der Waals surface area contributed by atoms with Crippen LogP contribution in [0.15, 0.2) is 164 Å². The van der Waals surface area contributed by atoms with E-state index >= 15 is 0 Å². The van der Waals surface area contributed by atoms with Crippen LogP contribution in [0.5, 0.6) is 0 Å². The van der Waals surface area contributed by atoms with Gasteiger partial charge in [-0.2, -0.15) is 0 Å². The summed E-state index contributed by atoms with van der Waals surface area (Å²) in [5.41, 5.74) is 9.78. The SMILES string of the molecule is CC(=CC(=CC(=[N-])C(=O)O)c1ccc(C)cc1)c1[c-]cccc1.[Ir+3].[c-]1c(-c2ccccn2)cc(-c2ccccc2)cc1-c1nccc2ccccc12. The molecule has 2 aromatic heterocycles. The second-order valence-electron chi connectivity index (χ2n) is 11.9. The fourth-order valence-corrected chi connectivity index (χ4v) is 5.60. The van der Waals surface area contributed by atoms with Gasteiger partial charge in [-0.1, -0.05) is 138 Å². The molecule has 0 aliphatic heterocycles. The summed E-state index contributed by atoms with van der Waals surface area (Å²) < 4.78 is 0. The number of benzene rings is 5. The number of carboxylic acids is 1. The van der Waals surface area contributed by atoms with Gasteiger partial charge in [-0.05, 0) is 46.5 Å². The fourth-order valence-electron chi connectivity index (χ4n) is 5.60. The normalized spacial score (nSPS) is 11.2. The molecule has 0 fully saturated rings. The van der Waals surface area contributed by atoms with Gasteiger partial charge < -0.3 is 10.5 Å². The van der Waals surface area contributed by atoms with Crippen LogP contribution >= 0.6 is 0 Å². The van der Waals surface area contributed by atoms with Gasteiger partial charge in [0.2, 0.25) is 0 Å². The van der Waals surface area contributed by atoms with Crippen LogP contribution in [0.1, 0.15) is 23.6 Å². The van der Waals surface area contributed by atoms with E-state index in [0.29, 0.717) is 5.57 Å². The summed E-state index contributed by atoms with van der Waals surface area (Å²) in [7, 11) is 0. The molecule has 0 radical (unpaired) electrons. The number of hydrogen-bond donors (Lipinski definition) is 1. The van der Waals surface area contributed by atoms with Crippen molar-refractivity contribution in [1.29, 1.82) is 0 Å². The van der Waals surface area contributed by atoms with E-state index in [1.807, 2.05) is 117 Å². The van der Waals surface area contributed by atoms with Crippen molar-refractivity contribution in [3.8, 4) is 33.6 Å². The molecule has 0 atom stereocenters. The number of hydrogen-bond acceptors (Lipinski definition) is 3. The van der Waals surface area contributed by atoms with E-state index in [1.54, 1.807) is 0 Å². The standard InChI is InChI=1S/C26H17N2.C20H17NO2.Ir/c1-2-8-19(9-3-1)21-16-22(25-12-6-7-14-27-25)18-23(17-21)26-24-11-5-4-10-20(24)13-15-28-26;1-14-8-10-17(11-9-14)18(13-19(21)20(22)23)12-15(2)16-6-4-3-5-7-16;/h1-17H;3-6,8-13H,1-2H3,(H,22,23);/q-1;-2;+3. The largest absolute Gasteiger partial charge is 3.00 e. The smallest absolute Gasteiger partial charge is 0.798 e. The van der Waals surface area contributed by atoms with E-state index in [1.165, 1.54) is 11.5 Å². The monoisotopic (exact) mass is 853 g/mol. The summed E-state index contributed by atoms with van der Waals surface area (Å²) in [6.07, 6.45) is 6.78. The molecular weight excluding hydrogens is 819 g/mol. The molecule has 0 unspecified atom stereocenters. The topological polar surface area (TPSA) is 85.4 Å². The maximum absolute atomic E-state index is 10.9. The zero-order chi connectivity index (χ0) is 35.6. The van der Waals surface area contributed by atoms with Crippen LogP contribution in [0, 0.1) is 19.1 Å². The Kier molecular flexibility index (Phi) is 12.7. The van der Waals surface area contributed by atoms with Crippen molar-refractivity contribution < 1.29 is 30.0 Å². The van der Waals surface area contributed by atoms with Crippen LogP contribution in [0.4, 0.5) is 0 Å². The first kappa shape index (κ1) is 37.2. The van der Waals surface area contributed by atoms with Crippen LogP contribution in [0.25, 0.3) is 61.0 Å². The molecule has 0 saturated carbocycles. The summed E-state index contributed by atoms with van der Waals surface area (Å²) >= 11 is 0. The second-order valence-corrected chi connectivity index (χ2v) is 11.9. The Morgan fingerprint density at radius 1 is 0.731 bits per heavy atom. The third-order valence-electron chi connectivity index (χ3n) is 8.25. The average Bonchev–Trinajstić information content (AvgIpc) is 3.18. The first-order chi connectivity index (χ1) is 24.9. The van der Waals surface area contributed by atoms with Crippen LogP contribution in [0.2, 0.25) is 0 Å². The minimum Gasteiger partial charge on any atom is -0.798 e. The molecule has 5 nitrogen and oxygen atoms in total. The summed E-state index contributed by atoms with van der Waals surface area (Å²) in [6, 6.07) is 52.9. The molecule has 7 rings (SSSR count). The number of carboxylic acid groups (broad SMARTS) is 1. The molecule has 5 aromatic carbocycles. The van der Waals surface area contributed by atoms with E-state index < -0.39 is 11.7 Å². The number of aliphatic carboxylic acids is 1. The number of carbonyl (C=O) groups is 1. The van der Waals surface area contributed by atoms with E-state index in [-0.39, 0.29) is 20.1 Å². The van der Waals surface area contributed by atoms with E-state index in [4.69, 9.17) is 10.1 Å². The predicted octanol–water partition coefficient (Wildman–Crippen LogP) is 10.8. The average molecular weight is 853 g/mol. The Bertz CT molecular complexity index is 2290. The first-order valence-corrected chi connectivity index (χ1v) is 16.5. The van der Waals surface area contributed by atoms with Crippen LogP contribution in [-0.4, -0.2) is 26.8 Å². The molecule has 6 heteroatoms. The molecule has 7 aromatic rings. The van der Waals surface area contributed by atoms with Crippen LogP contribution in [-0.2, 0) is 24.9 Å². The van der Waals surface area contributed by atoms with Gasteiger partial charge in [0.15, 0.2) is 0 Å². The van der Waals surface area contributed by atoms with E-state index in [0.717, 1.165) is 61.3 Å². The van der Waals surface area contributed by atoms with Crippen molar-refractivity contribution in [2.45, 2.75) is 13.8 Å². The Balaban J connectivity index is 0.000000202. The van der Waals surface area contributed by atoms with Crippen molar-refractivity contribution in [3.63, 3.8) is 0 Å². The molecule has 1 N–H and O–H groups in total. The van der Waals surface area contributed by atoms with Gasteiger partial charge in [0.05, 0.1) is 0 Å². The Hall–Kier alpha value is -6.07. The minimum atomic E-state index is -1.35. The molecule has 52 heavy (non-hydrogen) atoms. The fraction of sp³-hybridized carbons (Fsp3) is 0.0435. The molecule has 0 saturated heterocycles. The van der Waals surface area contributed by atoms with Crippen molar-refractivity contribution in [2.24, 2.45) is 0 Å². The zero-order valence-electron chi connectivity index (χ0n) is 28.6. The Morgan fingerprint density at radius 3 is 2.15 bits per heavy atom. The molecule has 0 aliphatic rings. The van der Waals surface area contributed by atoms with Gasteiger partial charge >= 0.3 is 26.1 Å². The molecular formula is C46H34IrN3O2. The van der Waals surface area contributed by atoms with Crippen molar-refractivity contribution in [3.05, 3.63) is 198 Å². The van der Waals surface area contributed by atoms with Gasteiger partial charge in [0, 0.05) is 23.8 Å². The van der Waals surface area contributed by atoms with Gasteiger partial charge in [0.1, 0.15) is 0 Å². The summed E-state index contributed by atoms with van der Waals surface area (Å²) in [6.45, 7) is 3.90. The van der Waals surface area contributed by atoms with Gasteiger partial charge in [0.25, 0.3) is 0 Å². The molecule has 0 spiro atoms. The summed E-state index contributed by atoms with van der Waals surface area (Å²) in [4.78, 5) is 20.1. The van der Waals surface area contributed by atoms with Gasteiger partial charge in [-0.25, -0.2) is 4.79 Å². The zero-order valence-corrected chi connectivity index (χ0v) is 31.0. The van der Waals surface area contributed by atoms with E-state index in [9.17, 15) is 10.2 Å². The number of rotatable bonds is 8. The summed E-state index contributed by atoms with van der Waals surface area (Å²) in [5, 5.41) is 20.8. The van der Waals surface area contributed by atoms with Crippen LogP contribution in [0.3, 0.4) is 0 Å². The molecule has 0 amide bonds. The number of fused-ring (bicyclic) bond motifs is 1. The van der Waals surface area contributed by atoms with Crippen molar-refractivity contribution in [2.75, 3.05) is 0 Å². The molecule has 2 heterocycles. The number of aromatic nitrogens is 2. The third kappa shape index (κ3) is 9.37. The number of allylic oxidation sites excluding steroid dienone is 3. The Morgan fingerprint density at radius 2 is 1.44 bits per heavy atom. The number of nitrogens with zero attached hydrogens (tertiary/aromatic N) is 3. The first-order valence-electron chi connectivity index (χ1n) is 16.5. The maximum atomic E-state index is 10.9. The third-order valence-corrected chi connectivity index (χ3v) is 8.25. The second kappa shape index (κ2) is 17.7.